The minimum atomic E-state index is -1.11. The zero-order chi connectivity index (χ0) is 37.3. The number of urea groups is 1. The van der Waals surface area contributed by atoms with Crippen molar-refractivity contribution >= 4 is 35.5 Å². The van der Waals surface area contributed by atoms with E-state index in [2.05, 4.69) is 16.0 Å². The fraction of sp³-hybridized carbons (Fsp3) is 0.641. The maximum atomic E-state index is 14.5. The lowest BCUT2D eigenvalue weighted by atomic mass is 9.80. The molecule has 1 aromatic carbocycles. The van der Waals surface area contributed by atoms with Crippen molar-refractivity contribution in [2.45, 2.75) is 130 Å². The fourth-order valence-electron chi connectivity index (χ4n) is 7.47. The van der Waals surface area contributed by atoms with Crippen molar-refractivity contribution in [1.82, 2.24) is 20.9 Å². The molecule has 1 unspecified atom stereocenters. The summed E-state index contributed by atoms with van der Waals surface area (Å²) in [6.45, 7) is 9.65. The van der Waals surface area contributed by atoms with Crippen molar-refractivity contribution in [2.75, 3.05) is 6.54 Å². The third kappa shape index (κ3) is 11.1. The normalized spacial score (nSPS) is 21.3. The third-order valence-corrected chi connectivity index (χ3v) is 10.4. The molecule has 3 aliphatic rings. The fourth-order valence-corrected chi connectivity index (χ4v) is 7.47. The van der Waals surface area contributed by atoms with Crippen molar-refractivity contribution in [3.05, 3.63) is 47.5 Å². The topological polar surface area (TPSA) is 177 Å². The highest BCUT2D eigenvalue weighted by molar-refractivity contribution is 6.37. The number of hydrogen-bond donors (Lipinski definition) is 4. The zero-order valence-corrected chi connectivity index (χ0v) is 30.9. The highest BCUT2D eigenvalue weighted by Crippen LogP contribution is 2.33. The Morgan fingerprint density at radius 1 is 0.922 bits per heavy atom. The molecule has 1 saturated heterocycles. The van der Waals surface area contributed by atoms with Crippen LogP contribution in [-0.2, 0) is 35.3 Å². The molecule has 280 valence electrons. The minimum Gasteiger partial charge on any atom is -0.459 e. The van der Waals surface area contributed by atoms with Crippen LogP contribution < -0.4 is 21.7 Å². The molecule has 51 heavy (non-hydrogen) atoms. The summed E-state index contributed by atoms with van der Waals surface area (Å²) in [7, 11) is 0. The molecule has 4 rings (SSSR count). The average Bonchev–Trinajstić information content (AvgIpc) is 3.49. The molecule has 1 aromatic rings. The predicted octanol–water partition coefficient (Wildman–Crippen LogP) is 4.31. The van der Waals surface area contributed by atoms with Crippen molar-refractivity contribution in [3.8, 4) is 0 Å². The van der Waals surface area contributed by atoms with Gasteiger partial charge in [-0.05, 0) is 68.3 Å². The number of ether oxygens (including phenoxy) is 1. The second-order valence-corrected chi connectivity index (χ2v) is 16.0. The quantitative estimate of drug-likeness (QED) is 0.127. The number of benzene rings is 1. The van der Waals surface area contributed by atoms with Crippen molar-refractivity contribution in [2.24, 2.45) is 28.9 Å². The van der Waals surface area contributed by atoms with Crippen LogP contribution in [0.15, 0.2) is 42.0 Å². The van der Waals surface area contributed by atoms with E-state index in [0.717, 1.165) is 62.5 Å². The van der Waals surface area contributed by atoms with Crippen LogP contribution in [0.5, 0.6) is 0 Å². The van der Waals surface area contributed by atoms with Gasteiger partial charge in [0.25, 0.3) is 5.91 Å². The van der Waals surface area contributed by atoms with E-state index in [9.17, 15) is 28.8 Å². The smallest absolute Gasteiger partial charge is 0.329 e. The number of rotatable bonds is 14. The molecule has 2 aliphatic carbocycles. The number of Topliss-reactive ketones (excluding diaryl/α,β-unsaturated/α-hetero) is 1. The standard InChI is InChI=1S/C39H57N5O7/c1-24(2)19-27-21-30(35(47)41-29(32(45)34(40)46)20-25-15-12-16-25)44(22-27)36(48)33(39(3,4)5)43-38(50)42-31(28-17-10-7-11-18-28)37(49)51-23-26-13-8-6-9-14-26/h6,8-9,13-14,19,25,27-31,33H,7,10-12,15-18,20-23H2,1-5H3,(H2,40,46)(H,41,47)(H2,42,43,50)/t27-,29?,30+,31+,33-/m1/s1. The Hall–Kier alpha value is -4.22. The van der Waals surface area contributed by atoms with Gasteiger partial charge >= 0.3 is 12.0 Å². The Balaban J connectivity index is 1.52. The maximum Gasteiger partial charge on any atom is 0.329 e. The SMILES string of the molecule is CC(C)=C[C@@H]1C[C@@H](C(=O)NC(CC2CCC2)C(=O)C(N)=O)N(C(=O)[C@@H](NC(=O)N[C@H](C(=O)OCc2ccccc2)C2CCCCC2)C(C)(C)C)C1. The second kappa shape index (κ2) is 17.8. The van der Waals surface area contributed by atoms with E-state index in [0.29, 0.717) is 12.8 Å². The van der Waals surface area contributed by atoms with Gasteiger partial charge in [0, 0.05) is 6.54 Å². The van der Waals surface area contributed by atoms with Crippen molar-refractivity contribution in [1.29, 1.82) is 0 Å². The molecule has 12 nitrogen and oxygen atoms in total. The lowest BCUT2D eigenvalue weighted by molar-refractivity contribution is -0.149. The van der Waals surface area contributed by atoms with E-state index < -0.39 is 65.1 Å². The number of ketones is 1. The predicted molar refractivity (Wildman–Crippen MR) is 193 cm³/mol. The van der Waals surface area contributed by atoms with Crippen LogP contribution in [0.3, 0.4) is 0 Å². The molecule has 2 saturated carbocycles. The van der Waals surface area contributed by atoms with Gasteiger partial charge in [-0.1, -0.05) is 101 Å². The van der Waals surface area contributed by atoms with E-state index in [-0.39, 0.29) is 30.9 Å². The Morgan fingerprint density at radius 3 is 2.16 bits per heavy atom. The minimum absolute atomic E-state index is 0.0765. The third-order valence-electron chi connectivity index (χ3n) is 10.4. The van der Waals surface area contributed by atoms with Crippen LogP contribution in [-0.4, -0.2) is 71.1 Å². The van der Waals surface area contributed by atoms with E-state index in [1.54, 1.807) is 0 Å². The molecule has 0 bridgehead atoms. The maximum absolute atomic E-state index is 14.5. The zero-order valence-electron chi connectivity index (χ0n) is 30.9. The number of amides is 5. The number of primary amides is 1. The number of nitrogens with zero attached hydrogens (tertiary/aromatic N) is 1. The van der Waals surface area contributed by atoms with E-state index >= 15 is 0 Å². The molecule has 3 fully saturated rings. The number of nitrogens with two attached hydrogens (primary N) is 1. The summed E-state index contributed by atoms with van der Waals surface area (Å²) in [4.78, 5) is 81.6. The molecule has 5 N–H and O–H groups in total. The van der Waals surface area contributed by atoms with Gasteiger partial charge in [0.15, 0.2) is 0 Å². The average molecular weight is 708 g/mol. The van der Waals surface area contributed by atoms with Gasteiger partial charge in [0.2, 0.25) is 17.6 Å². The molecule has 1 aliphatic heterocycles. The largest absolute Gasteiger partial charge is 0.459 e. The number of carbonyl (C=O) groups is 6. The molecular weight excluding hydrogens is 650 g/mol. The van der Waals surface area contributed by atoms with Gasteiger partial charge in [0.1, 0.15) is 24.7 Å². The first kappa shape index (κ1) is 39.6. The number of carbonyl (C=O) groups excluding carboxylic acids is 6. The Labute approximate surface area is 302 Å². The van der Waals surface area contributed by atoms with E-state index in [1.165, 1.54) is 4.90 Å². The Bertz CT molecular complexity index is 1440. The molecule has 1 heterocycles. The van der Waals surface area contributed by atoms with Crippen molar-refractivity contribution < 1.29 is 33.5 Å². The van der Waals surface area contributed by atoms with Gasteiger partial charge in [-0.15, -0.1) is 0 Å². The summed E-state index contributed by atoms with van der Waals surface area (Å²) in [6.07, 6.45) is 9.95. The summed E-state index contributed by atoms with van der Waals surface area (Å²) in [6, 6.07) is 4.68. The first-order valence-electron chi connectivity index (χ1n) is 18.5. The van der Waals surface area contributed by atoms with Crippen molar-refractivity contribution in [3.63, 3.8) is 0 Å². The summed E-state index contributed by atoms with van der Waals surface area (Å²) >= 11 is 0. The number of hydrogen-bond acceptors (Lipinski definition) is 7. The van der Waals surface area contributed by atoms with Crippen LogP contribution in [0, 0.1) is 23.2 Å². The van der Waals surface area contributed by atoms with Crippen LogP contribution in [0.1, 0.15) is 104 Å². The Kier molecular flexibility index (Phi) is 13.8. The van der Waals surface area contributed by atoms with Gasteiger partial charge < -0.3 is 31.3 Å². The van der Waals surface area contributed by atoms with Crippen LogP contribution in [0.25, 0.3) is 0 Å². The number of nitrogens with one attached hydrogen (secondary N) is 3. The summed E-state index contributed by atoms with van der Waals surface area (Å²) < 4.78 is 5.67. The summed E-state index contributed by atoms with van der Waals surface area (Å²) in [5.41, 5.74) is 6.42. The first-order valence-corrected chi connectivity index (χ1v) is 18.5. The van der Waals surface area contributed by atoms with Gasteiger partial charge in [-0.3, -0.25) is 19.2 Å². The highest BCUT2D eigenvalue weighted by Gasteiger charge is 2.46. The van der Waals surface area contributed by atoms with E-state index in [4.69, 9.17) is 10.5 Å². The summed E-state index contributed by atoms with van der Waals surface area (Å²) in [5.74, 6) is -3.53. The molecule has 0 aromatic heterocycles. The van der Waals surface area contributed by atoms with Gasteiger partial charge in [-0.2, -0.15) is 0 Å². The summed E-state index contributed by atoms with van der Waals surface area (Å²) in [5, 5.41) is 8.46. The van der Waals surface area contributed by atoms with Crippen LogP contribution in [0.4, 0.5) is 4.79 Å². The van der Waals surface area contributed by atoms with E-state index in [1.807, 2.05) is 71.0 Å². The molecule has 0 spiro atoms. The van der Waals surface area contributed by atoms with Gasteiger partial charge in [-0.25, -0.2) is 9.59 Å². The lowest BCUT2D eigenvalue weighted by Crippen LogP contribution is -2.61. The molecule has 12 heteroatoms. The van der Waals surface area contributed by atoms with Crippen LogP contribution in [0.2, 0.25) is 0 Å². The Morgan fingerprint density at radius 2 is 1.59 bits per heavy atom. The molecule has 5 atom stereocenters. The highest BCUT2D eigenvalue weighted by atomic mass is 16.5. The van der Waals surface area contributed by atoms with Crippen LogP contribution >= 0.6 is 0 Å². The first-order chi connectivity index (χ1) is 24.1. The molecule has 5 amide bonds. The van der Waals surface area contributed by atoms with Gasteiger partial charge in [0.05, 0.1) is 6.04 Å². The number of allylic oxidation sites excluding steroid dienone is 1. The second-order valence-electron chi connectivity index (χ2n) is 16.0. The monoisotopic (exact) mass is 707 g/mol. The number of esters is 1. The lowest BCUT2D eigenvalue weighted by Gasteiger charge is -2.36. The number of likely N-dealkylation sites (tertiary alicyclic amines) is 1. The molecule has 0 radical (unpaired) electrons. The molecular formula is C39H57N5O7.